The fourth-order valence-electron chi connectivity index (χ4n) is 2.82. The van der Waals surface area contributed by atoms with Crippen LogP contribution in [-0.4, -0.2) is 16.0 Å². The van der Waals surface area contributed by atoms with E-state index < -0.39 is 0 Å². The minimum atomic E-state index is 0.164. The van der Waals surface area contributed by atoms with Gasteiger partial charge < -0.3 is 4.74 Å². The highest BCUT2D eigenvalue weighted by molar-refractivity contribution is 6.35. The van der Waals surface area contributed by atoms with Crippen LogP contribution in [0, 0.1) is 0 Å². The zero-order valence-electron chi connectivity index (χ0n) is 15.7. The van der Waals surface area contributed by atoms with Gasteiger partial charge in [-0.05, 0) is 42.5 Å². The Morgan fingerprint density at radius 1 is 0.900 bits per heavy atom. The SMILES string of the molecule is Clc1ccc(OCc2nn(-c3ccccc3)c(Cl)c2C=Nc2ccccc2)c(Cl)c1. The average Bonchev–Trinajstić information content (AvgIpc) is 3.08. The van der Waals surface area contributed by atoms with E-state index in [0.29, 0.717) is 32.2 Å². The topological polar surface area (TPSA) is 39.4 Å². The number of rotatable bonds is 6. The normalized spacial score (nSPS) is 11.2. The first-order chi connectivity index (χ1) is 14.6. The van der Waals surface area contributed by atoms with Crippen LogP contribution in [-0.2, 0) is 6.61 Å². The third-order valence-corrected chi connectivity index (χ3v) is 5.19. The molecule has 7 heteroatoms. The first kappa shape index (κ1) is 20.5. The molecule has 1 heterocycles. The molecule has 1 aromatic heterocycles. The standard InChI is InChI=1S/C23H16Cl3N3O/c24-16-11-12-22(20(25)13-16)30-15-21-19(14-27-17-7-3-1-4-8-17)23(26)29(28-21)18-9-5-2-6-10-18/h1-14H,15H2. The van der Waals surface area contributed by atoms with Crippen molar-refractivity contribution in [3.05, 3.63) is 105 Å². The van der Waals surface area contributed by atoms with E-state index in [4.69, 9.17) is 39.5 Å². The number of aliphatic imine (C=N–C) groups is 1. The van der Waals surface area contributed by atoms with Crippen LogP contribution in [0.4, 0.5) is 5.69 Å². The second-order valence-corrected chi connectivity index (χ2v) is 7.56. The van der Waals surface area contributed by atoms with E-state index in [2.05, 4.69) is 10.1 Å². The number of ether oxygens (including phenoxy) is 1. The molecule has 150 valence electrons. The summed E-state index contributed by atoms with van der Waals surface area (Å²) in [6.45, 7) is 0.164. The van der Waals surface area contributed by atoms with Crippen LogP contribution in [0.3, 0.4) is 0 Å². The fraction of sp³-hybridized carbons (Fsp3) is 0.0435. The van der Waals surface area contributed by atoms with Gasteiger partial charge >= 0.3 is 0 Å². The summed E-state index contributed by atoms with van der Waals surface area (Å²) in [4.78, 5) is 4.53. The molecule has 0 N–H and O–H groups in total. The van der Waals surface area contributed by atoms with Gasteiger partial charge in [-0.25, -0.2) is 4.68 Å². The smallest absolute Gasteiger partial charge is 0.142 e. The van der Waals surface area contributed by atoms with Crippen LogP contribution < -0.4 is 4.74 Å². The van der Waals surface area contributed by atoms with E-state index in [9.17, 15) is 0 Å². The molecule has 0 aliphatic heterocycles. The van der Waals surface area contributed by atoms with Gasteiger partial charge in [0.05, 0.1) is 22.0 Å². The van der Waals surface area contributed by atoms with E-state index in [0.717, 1.165) is 11.4 Å². The monoisotopic (exact) mass is 455 g/mol. The van der Waals surface area contributed by atoms with Crippen molar-refractivity contribution < 1.29 is 4.74 Å². The maximum absolute atomic E-state index is 6.67. The average molecular weight is 457 g/mol. The van der Waals surface area contributed by atoms with Crippen LogP contribution in [0.1, 0.15) is 11.3 Å². The Hall–Kier alpha value is -2.79. The summed E-state index contributed by atoms with van der Waals surface area (Å²) in [7, 11) is 0. The van der Waals surface area contributed by atoms with Gasteiger partial charge in [0, 0.05) is 11.2 Å². The van der Waals surface area contributed by atoms with Gasteiger partial charge in [-0.3, -0.25) is 4.99 Å². The summed E-state index contributed by atoms with van der Waals surface area (Å²) < 4.78 is 7.55. The molecular weight excluding hydrogens is 441 g/mol. The molecule has 0 fully saturated rings. The summed E-state index contributed by atoms with van der Waals surface area (Å²) in [6.07, 6.45) is 1.70. The van der Waals surface area contributed by atoms with E-state index >= 15 is 0 Å². The first-order valence-corrected chi connectivity index (χ1v) is 10.2. The maximum atomic E-state index is 6.67. The van der Waals surface area contributed by atoms with E-state index in [1.165, 1.54) is 0 Å². The zero-order valence-corrected chi connectivity index (χ0v) is 17.9. The molecule has 0 bridgehead atoms. The molecule has 0 spiro atoms. The van der Waals surface area contributed by atoms with E-state index in [1.807, 2.05) is 60.7 Å². The highest BCUT2D eigenvalue weighted by Gasteiger charge is 2.17. The van der Waals surface area contributed by atoms with Crippen LogP contribution in [0.15, 0.2) is 83.9 Å². The van der Waals surface area contributed by atoms with Gasteiger partial charge in [-0.1, -0.05) is 71.2 Å². The second-order valence-electron chi connectivity index (χ2n) is 6.36. The molecule has 4 nitrogen and oxygen atoms in total. The van der Waals surface area contributed by atoms with Gasteiger partial charge in [0.1, 0.15) is 23.2 Å². The van der Waals surface area contributed by atoms with Crippen molar-refractivity contribution in [3.8, 4) is 11.4 Å². The number of para-hydroxylation sites is 2. The van der Waals surface area contributed by atoms with Crippen molar-refractivity contribution >= 4 is 46.7 Å². The lowest BCUT2D eigenvalue weighted by Crippen LogP contribution is -2.01. The van der Waals surface area contributed by atoms with Crippen molar-refractivity contribution in [2.45, 2.75) is 6.61 Å². The third kappa shape index (κ3) is 4.68. The molecular formula is C23H16Cl3N3O. The number of benzene rings is 3. The Balaban J connectivity index is 1.69. The summed E-state index contributed by atoms with van der Waals surface area (Å²) in [5.74, 6) is 0.511. The highest BCUT2D eigenvalue weighted by atomic mass is 35.5. The van der Waals surface area contributed by atoms with E-state index in [-0.39, 0.29) is 6.61 Å². The Kier molecular flexibility index (Phi) is 6.38. The number of halogens is 3. The Morgan fingerprint density at radius 3 is 2.30 bits per heavy atom. The van der Waals surface area contributed by atoms with Crippen molar-refractivity contribution in [2.75, 3.05) is 0 Å². The summed E-state index contributed by atoms with van der Waals surface area (Å²) >= 11 is 18.9. The number of nitrogens with zero attached hydrogens (tertiary/aromatic N) is 3. The molecule has 0 saturated carbocycles. The Labute approximate surface area is 189 Å². The fourth-order valence-corrected chi connectivity index (χ4v) is 3.57. The lowest BCUT2D eigenvalue weighted by atomic mass is 10.2. The number of hydrogen-bond donors (Lipinski definition) is 0. The quantitative estimate of drug-likeness (QED) is 0.289. The summed E-state index contributed by atoms with van der Waals surface area (Å²) in [5.41, 5.74) is 2.96. The lowest BCUT2D eigenvalue weighted by molar-refractivity contribution is 0.300. The van der Waals surface area contributed by atoms with E-state index in [1.54, 1.807) is 29.1 Å². The molecule has 0 atom stereocenters. The van der Waals surface area contributed by atoms with Gasteiger partial charge in [0.25, 0.3) is 0 Å². The molecule has 0 radical (unpaired) electrons. The first-order valence-electron chi connectivity index (χ1n) is 9.11. The minimum absolute atomic E-state index is 0.164. The van der Waals surface area contributed by atoms with Gasteiger partial charge in [-0.2, -0.15) is 5.10 Å². The molecule has 0 amide bonds. The largest absolute Gasteiger partial charge is 0.486 e. The van der Waals surface area contributed by atoms with Crippen LogP contribution in [0.2, 0.25) is 15.2 Å². The molecule has 4 aromatic rings. The number of hydrogen-bond acceptors (Lipinski definition) is 3. The zero-order chi connectivity index (χ0) is 20.9. The molecule has 4 rings (SSSR count). The maximum Gasteiger partial charge on any atom is 0.142 e. The molecule has 3 aromatic carbocycles. The van der Waals surface area contributed by atoms with Crippen molar-refractivity contribution in [2.24, 2.45) is 4.99 Å². The van der Waals surface area contributed by atoms with Crippen LogP contribution in [0.25, 0.3) is 5.69 Å². The van der Waals surface area contributed by atoms with Gasteiger partial charge in [-0.15, -0.1) is 0 Å². The summed E-state index contributed by atoms with van der Waals surface area (Å²) in [5, 5.41) is 6.07. The van der Waals surface area contributed by atoms with Crippen LogP contribution >= 0.6 is 34.8 Å². The molecule has 0 aliphatic carbocycles. The molecule has 0 saturated heterocycles. The predicted molar refractivity (Wildman–Crippen MR) is 123 cm³/mol. The van der Waals surface area contributed by atoms with Gasteiger partial charge in [0.2, 0.25) is 0 Å². The Morgan fingerprint density at radius 2 is 1.60 bits per heavy atom. The third-order valence-electron chi connectivity index (χ3n) is 4.30. The number of aromatic nitrogens is 2. The Bertz CT molecular complexity index is 1180. The second kappa shape index (κ2) is 9.35. The van der Waals surface area contributed by atoms with Crippen molar-refractivity contribution in [3.63, 3.8) is 0 Å². The highest BCUT2D eigenvalue weighted by Crippen LogP contribution is 2.29. The lowest BCUT2D eigenvalue weighted by Gasteiger charge is -2.07. The van der Waals surface area contributed by atoms with Crippen LogP contribution in [0.5, 0.6) is 5.75 Å². The molecule has 30 heavy (non-hydrogen) atoms. The molecule has 0 unspecified atom stereocenters. The molecule has 0 aliphatic rings. The van der Waals surface area contributed by atoms with Gasteiger partial charge in [0.15, 0.2) is 0 Å². The minimum Gasteiger partial charge on any atom is -0.486 e. The predicted octanol–water partition coefficient (Wildman–Crippen LogP) is 7.16. The van der Waals surface area contributed by atoms with Crippen molar-refractivity contribution in [1.82, 2.24) is 9.78 Å². The van der Waals surface area contributed by atoms with Crippen molar-refractivity contribution in [1.29, 1.82) is 0 Å². The summed E-state index contributed by atoms with van der Waals surface area (Å²) in [6, 6.07) is 24.3.